The van der Waals surface area contributed by atoms with Gasteiger partial charge in [0.2, 0.25) is 5.91 Å². The molecule has 7 nitrogen and oxygen atoms in total. The second-order valence-electron chi connectivity index (χ2n) is 9.26. The number of nitrogens with one attached hydrogen (secondary N) is 2. The van der Waals surface area contributed by atoms with Gasteiger partial charge < -0.3 is 15.1 Å². The van der Waals surface area contributed by atoms with Crippen LogP contribution in [0.25, 0.3) is 11.0 Å². The highest BCUT2D eigenvalue weighted by molar-refractivity contribution is 7.09. The molecule has 8 heteroatoms. The predicted molar refractivity (Wildman–Crippen MR) is 133 cm³/mol. The number of benzene rings is 1. The van der Waals surface area contributed by atoms with E-state index in [-0.39, 0.29) is 23.4 Å². The smallest absolute Gasteiger partial charge is 0.287 e. The number of carbonyl (C=O) groups excluding carboxylic acids is 3. The molecular weight excluding hydrogens is 450 g/mol. The number of Topliss-reactive ketones (excluding diaryl/α,β-unsaturated/α-hetero) is 1. The van der Waals surface area contributed by atoms with Crippen LogP contribution in [-0.2, 0) is 16.1 Å². The van der Waals surface area contributed by atoms with Gasteiger partial charge in [-0.1, -0.05) is 38.1 Å². The summed E-state index contributed by atoms with van der Waals surface area (Å²) in [7, 11) is 0. The van der Waals surface area contributed by atoms with E-state index in [0.29, 0.717) is 25.0 Å². The fraction of sp³-hybridized carbons (Fsp3) is 0.423. The molecule has 34 heavy (non-hydrogen) atoms. The molecule has 2 N–H and O–H groups in total. The monoisotopic (exact) mass is 481 g/mol. The molecule has 0 saturated carbocycles. The van der Waals surface area contributed by atoms with E-state index in [1.807, 2.05) is 43.5 Å². The molecule has 1 fully saturated rings. The van der Waals surface area contributed by atoms with Gasteiger partial charge in [-0.3, -0.25) is 19.3 Å². The molecule has 2 aromatic heterocycles. The zero-order valence-electron chi connectivity index (χ0n) is 19.6. The molecule has 2 amide bonds. The number of carbonyl (C=O) groups is 3. The molecule has 2 atom stereocenters. The third-order valence-electron chi connectivity index (χ3n) is 5.99. The van der Waals surface area contributed by atoms with Crippen molar-refractivity contribution in [2.45, 2.75) is 51.7 Å². The van der Waals surface area contributed by atoms with Crippen LogP contribution in [0.5, 0.6) is 0 Å². The minimum Gasteiger partial charge on any atom is -0.451 e. The number of amides is 2. The Morgan fingerprint density at radius 3 is 2.76 bits per heavy atom. The lowest BCUT2D eigenvalue weighted by Crippen LogP contribution is -2.52. The number of fused-ring (bicyclic) bond motifs is 1. The van der Waals surface area contributed by atoms with E-state index < -0.39 is 18.0 Å². The molecule has 3 aromatic rings. The zero-order valence-corrected chi connectivity index (χ0v) is 20.4. The first kappa shape index (κ1) is 24.2. The van der Waals surface area contributed by atoms with Gasteiger partial charge >= 0.3 is 0 Å². The topological polar surface area (TPSA) is 91.7 Å². The number of hydrogen-bond donors (Lipinski definition) is 2. The van der Waals surface area contributed by atoms with Crippen molar-refractivity contribution in [1.29, 1.82) is 0 Å². The summed E-state index contributed by atoms with van der Waals surface area (Å²) >= 11 is 1.68. The van der Waals surface area contributed by atoms with E-state index in [4.69, 9.17) is 4.42 Å². The fourth-order valence-corrected chi connectivity index (χ4v) is 5.04. The number of ketones is 1. The van der Waals surface area contributed by atoms with Crippen molar-refractivity contribution in [3.05, 3.63) is 58.5 Å². The van der Waals surface area contributed by atoms with Gasteiger partial charge in [-0.2, -0.15) is 0 Å². The van der Waals surface area contributed by atoms with Gasteiger partial charge in [0.25, 0.3) is 5.91 Å². The summed E-state index contributed by atoms with van der Waals surface area (Å²) in [6.45, 7) is 5.85. The highest BCUT2D eigenvalue weighted by Crippen LogP contribution is 2.20. The Morgan fingerprint density at radius 1 is 1.21 bits per heavy atom. The van der Waals surface area contributed by atoms with Crippen LogP contribution in [0.1, 0.15) is 48.5 Å². The Labute approximate surface area is 203 Å². The second-order valence-corrected chi connectivity index (χ2v) is 10.3. The van der Waals surface area contributed by atoms with E-state index in [1.54, 1.807) is 23.5 Å². The minimum atomic E-state index is -0.751. The maximum Gasteiger partial charge on any atom is 0.287 e. The van der Waals surface area contributed by atoms with Gasteiger partial charge in [0.15, 0.2) is 11.5 Å². The lowest BCUT2D eigenvalue weighted by atomic mass is 10.0. The first-order chi connectivity index (χ1) is 16.4. The average Bonchev–Trinajstić information content (AvgIpc) is 3.43. The molecule has 1 unspecified atom stereocenters. The molecule has 1 saturated heterocycles. The van der Waals surface area contributed by atoms with E-state index in [9.17, 15) is 14.4 Å². The Kier molecular flexibility index (Phi) is 7.80. The van der Waals surface area contributed by atoms with E-state index in [0.717, 1.165) is 24.9 Å². The predicted octanol–water partition coefficient (Wildman–Crippen LogP) is 3.99. The van der Waals surface area contributed by atoms with Crippen LogP contribution >= 0.6 is 11.3 Å². The number of rotatable bonds is 8. The van der Waals surface area contributed by atoms with Crippen LogP contribution in [0.2, 0.25) is 0 Å². The SMILES string of the molecule is CC(C)CC(NC(=O)c1cc2ccccc2o1)C(=O)N[C@H]1CCCN(Cc2cccs2)CC1=O. The van der Waals surface area contributed by atoms with Crippen LogP contribution in [-0.4, -0.2) is 47.7 Å². The van der Waals surface area contributed by atoms with Crippen LogP contribution in [0.3, 0.4) is 0 Å². The van der Waals surface area contributed by atoms with Gasteiger partial charge in [-0.15, -0.1) is 11.3 Å². The molecule has 0 bridgehead atoms. The second kappa shape index (κ2) is 11.0. The Bertz CT molecular complexity index is 1110. The molecule has 1 aliphatic rings. The van der Waals surface area contributed by atoms with Gasteiger partial charge in [0.05, 0.1) is 12.6 Å². The van der Waals surface area contributed by atoms with Crippen molar-refractivity contribution < 1.29 is 18.8 Å². The maximum absolute atomic E-state index is 13.2. The number of furan rings is 1. The summed E-state index contributed by atoms with van der Waals surface area (Å²) in [5.41, 5.74) is 0.619. The number of para-hydroxylation sites is 1. The van der Waals surface area contributed by atoms with Crippen molar-refractivity contribution in [1.82, 2.24) is 15.5 Å². The lowest BCUT2D eigenvalue weighted by Gasteiger charge is -2.23. The standard InChI is InChI=1S/C26H31N3O4S/c1-17(2)13-21(28-26(32)24-14-18-7-3-4-10-23(18)33-24)25(31)27-20-9-5-11-29(16-22(20)30)15-19-8-6-12-34-19/h3-4,6-8,10,12,14,17,20-21H,5,9,11,13,15-16H2,1-2H3,(H,27,31)(H,28,32)/t20-,21?/m0/s1. The fourth-order valence-electron chi connectivity index (χ4n) is 4.30. The summed E-state index contributed by atoms with van der Waals surface area (Å²) in [6, 6.07) is 11.8. The van der Waals surface area contributed by atoms with Gasteiger partial charge in [-0.05, 0) is 55.3 Å². The summed E-state index contributed by atoms with van der Waals surface area (Å²) in [6.07, 6.45) is 1.88. The highest BCUT2D eigenvalue weighted by atomic mass is 32.1. The van der Waals surface area contributed by atoms with Crippen LogP contribution in [0, 0.1) is 5.92 Å². The molecule has 0 aliphatic carbocycles. The lowest BCUT2D eigenvalue weighted by molar-refractivity contribution is -0.129. The Balaban J connectivity index is 1.39. The van der Waals surface area contributed by atoms with Crippen molar-refractivity contribution in [3.8, 4) is 0 Å². The van der Waals surface area contributed by atoms with Gasteiger partial charge in [0.1, 0.15) is 11.6 Å². The molecule has 4 rings (SSSR count). The summed E-state index contributed by atoms with van der Waals surface area (Å²) in [4.78, 5) is 42.3. The van der Waals surface area contributed by atoms with Gasteiger partial charge in [0, 0.05) is 16.8 Å². The van der Waals surface area contributed by atoms with Crippen molar-refractivity contribution >= 4 is 39.9 Å². The van der Waals surface area contributed by atoms with Gasteiger partial charge in [-0.25, -0.2) is 0 Å². The largest absolute Gasteiger partial charge is 0.451 e. The molecule has 0 spiro atoms. The maximum atomic E-state index is 13.2. The number of likely N-dealkylation sites (tertiary alicyclic amines) is 1. The minimum absolute atomic E-state index is 0.00862. The number of thiophene rings is 1. The van der Waals surface area contributed by atoms with Crippen molar-refractivity contribution in [3.63, 3.8) is 0 Å². The first-order valence-corrected chi connectivity index (χ1v) is 12.6. The highest BCUT2D eigenvalue weighted by Gasteiger charge is 2.30. The first-order valence-electron chi connectivity index (χ1n) is 11.8. The van der Waals surface area contributed by atoms with Crippen molar-refractivity contribution in [2.75, 3.05) is 13.1 Å². The molecule has 180 valence electrons. The van der Waals surface area contributed by atoms with Crippen molar-refractivity contribution in [2.24, 2.45) is 5.92 Å². The Morgan fingerprint density at radius 2 is 2.03 bits per heavy atom. The van der Waals surface area contributed by atoms with E-state index in [1.165, 1.54) is 4.88 Å². The molecule has 1 aromatic carbocycles. The molecular formula is C26H31N3O4S. The average molecular weight is 482 g/mol. The normalized spacial score (nSPS) is 18.1. The number of hydrogen-bond acceptors (Lipinski definition) is 6. The summed E-state index contributed by atoms with van der Waals surface area (Å²) in [5.74, 6) is -0.417. The van der Waals surface area contributed by atoms with Crippen LogP contribution in [0.4, 0.5) is 0 Å². The molecule has 0 radical (unpaired) electrons. The Hall–Kier alpha value is -2.97. The third-order valence-corrected chi connectivity index (χ3v) is 6.85. The molecule has 1 aliphatic heterocycles. The molecule has 3 heterocycles. The van der Waals surface area contributed by atoms with Crippen LogP contribution in [0.15, 0.2) is 52.3 Å². The third kappa shape index (κ3) is 6.12. The van der Waals surface area contributed by atoms with E-state index in [2.05, 4.69) is 21.6 Å². The quantitative estimate of drug-likeness (QED) is 0.508. The zero-order chi connectivity index (χ0) is 24.1. The summed E-state index contributed by atoms with van der Waals surface area (Å²) < 4.78 is 5.65. The van der Waals surface area contributed by atoms with Crippen LogP contribution < -0.4 is 10.6 Å². The number of nitrogens with zero attached hydrogens (tertiary/aromatic N) is 1. The summed E-state index contributed by atoms with van der Waals surface area (Å²) in [5, 5.41) is 8.60. The van der Waals surface area contributed by atoms with E-state index >= 15 is 0 Å².